The van der Waals surface area contributed by atoms with Crippen LogP contribution in [0.1, 0.15) is 45.4 Å². The summed E-state index contributed by atoms with van der Waals surface area (Å²) >= 11 is 0. The third kappa shape index (κ3) is 6.53. The molecule has 0 amide bonds. The Bertz CT molecular complexity index is 258. The molecule has 2 rings (SSSR count). The molecule has 0 aromatic carbocycles. The molecule has 2 saturated carbocycles. The second kappa shape index (κ2) is 8.98. The first-order valence-corrected chi connectivity index (χ1v) is 8.34. The molecule has 0 radical (unpaired) electrons. The number of hydrogen-bond donors (Lipinski definition) is 2. The van der Waals surface area contributed by atoms with Gasteiger partial charge < -0.3 is 19.9 Å². The van der Waals surface area contributed by atoms with Crippen molar-refractivity contribution in [3.05, 3.63) is 0 Å². The van der Waals surface area contributed by atoms with Crippen molar-refractivity contribution in [2.75, 3.05) is 32.9 Å². The highest BCUT2D eigenvalue weighted by Crippen LogP contribution is 2.28. The number of hydrogen-bond acceptors (Lipinski definition) is 4. The summed E-state index contributed by atoms with van der Waals surface area (Å²) in [6.07, 6.45) is 7.61. The number of rotatable bonds is 10. The largest absolute Gasteiger partial charge is 0.389 e. The lowest BCUT2D eigenvalue weighted by Crippen LogP contribution is -2.35. The molecule has 0 aromatic heterocycles. The van der Waals surface area contributed by atoms with Gasteiger partial charge in [-0.05, 0) is 37.5 Å². The van der Waals surface area contributed by atoms with E-state index in [-0.39, 0.29) is 0 Å². The highest BCUT2D eigenvalue weighted by Gasteiger charge is 2.22. The van der Waals surface area contributed by atoms with E-state index in [1.165, 1.54) is 32.1 Å². The van der Waals surface area contributed by atoms with E-state index in [2.05, 4.69) is 12.2 Å². The van der Waals surface area contributed by atoms with Crippen molar-refractivity contribution >= 4 is 0 Å². The smallest absolute Gasteiger partial charge is 0.0897 e. The van der Waals surface area contributed by atoms with Crippen LogP contribution in [0.4, 0.5) is 0 Å². The Morgan fingerprint density at radius 3 is 2.75 bits per heavy atom. The van der Waals surface area contributed by atoms with Gasteiger partial charge in [0, 0.05) is 19.7 Å². The van der Waals surface area contributed by atoms with Crippen LogP contribution in [0.2, 0.25) is 0 Å². The molecule has 2 N–H and O–H groups in total. The Morgan fingerprint density at radius 2 is 2.00 bits per heavy atom. The van der Waals surface area contributed by atoms with Crippen molar-refractivity contribution in [3.63, 3.8) is 0 Å². The van der Waals surface area contributed by atoms with Crippen LogP contribution in [0.3, 0.4) is 0 Å². The fourth-order valence-electron chi connectivity index (χ4n) is 2.77. The van der Waals surface area contributed by atoms with Crippen molar-refractivity contribution in [2.45, 2.75) is 57.7 Å². The summed E-state index contributed by atoms with van der Waals surface area (Å²) in [4.78, 5) is 0. The highest BCUT2D eigenvalue weighted by molar-refractivity contribution is 4.73. The van der Waals surface area contributed by atoms with Gasteiger partial charge in [0.05, 0.1) is 25.4 Å². The van der Waals surface area contributed by atoms with E-state index in [9.17, 15) is 5.11 Å². The maximum atomic E-state index is 9.89. The molecule has 0 spiro atoms. The van der Waals surface area contributed by atoms with E-state index in [1.54, 1.807) is 0 Å². The average Bonchev–Trinajstić information content (AvgIpc) is 3.26. The Labute approximate surface area is 123 Å². The molecule has 2 aliphatic carbocycles. The second-order valence-corrected chi connectivity index (χ2v) is 6.51. The van der Waals surface area contributed by atoms with Crippen LogP contribution in [0.15, 0.2) is 0 Å². The summed E-state index contributed by atoms with van der Waals surface area (Å²) in [6, 6.07) is 0. The fraction of sp³-hybridized carbons (Fsp3) is 1.00. The van der Waals surface area contributed by atoms with Gasteiger partial charge in [0.2, 0.25) is 0 Å². The zero-order chi connectivity index (χ0) is 14.2. The van der Waals surface area contributed by atoms with E-state index in [4.69, 9.17) is 9.47 Å². The molecule has 2 fully saturated rings. The number of aliphatic hydroxyl groups excluding tert-OH is 1. The van der Waals surface area contributed by atoms with Gasteiger partial charge in [-0.1, -0.05) is 19.8 Å². The van der Waals surface area contributed by atoms with Gasteiger partial charge in [-0.2, -0.15) is 0 Å². The molecule has 4 heteroatoms. The lowest BCUT2D eigenvalue weighted by atomic mass is 9.88. The first kappa shape index (κ1) is 16.2. The van der Waals surface area contributed by atoms with E-state index in [0.717, 1.165) is 32.1 Å². The predicted octanol–water partition coefficient (Wildman–Crippen LogP) is 1.96. The summed E-state index contributed by atoms with van der Waals surface area (Å²) in [5.74, 6) is 1.46. The molecule has 118 valence electrons. The van der Waals surface area contributed by atoms with Crippen LogP contribution >= 0.6 is 0 Å². The summed E-state index contributed by atoms with van der Waals surface area (Å²) in [5, 5.41) is 13.1. The Morgan fingerprint density at radius 1 is 1.20 bits per heavy atom. The third-order valence-electron chi connectivity index (χ3n) is 4.39. The lowest BCUT2D eigenvalue weighted by molar-refractivity contribution is -0.0453. The van der Waals surface area contributed by atoms with Crippen molar-refractivity contribution in [1.29, 1.82) is 0 Å². The summed E-state index contributed by atoms with van der Waals surface area (Å²) in [6.45, 7) is 5.75. The molecular formula is C16H31NO3. The van der Waals surface area contributed by atoms with E-state index < -0.39 is 6.10 Å². The van der Waals surface area contributed by atoms with Crippen LogP contribution in [-0.2, 0) is 9.47 Å². The van der Waals surface area contributed by atoms with Crippen LogP contribution in [0.5, 0.6) is 0 Å². The first-order chi connectivity index (χ1) is 9.75. The Hall–Kier alpha value is -0.160. The predicted molar refractivity (Wildman–Crippen MR) is 79.8 cm³/mol. The highest BCUT2D eigenvalue weighted by atomic mass is 16.5. The monoisotopic (exact) mass is 285 g/mol. The number of nitrogens with one attached hydrogen (secondary N) is 1. The second-order valence-electron chi connectivity index (χ2n) is 6.51. The maximum absolute atomic E-state index is 9.89. The standard InChI is InChI=1S/C16H31NO3/c1-13-4-2-3-5-16(13)20-12-15(18)10-17-8-9-19-11-14-6-7-14/h13-18H,2-12H2,1H3. The minimum absolute atomic E-state index is 0.347. The zero-order valence-corrected chi connectivity index (χ0v) is 12.9. The van der Waals surface area contributed by atoms with Gasteiger partial charge in [0.15, 0.2) is 0 Å². The van der Waals surface area contributed by atoms with Crippen LogP contribution in [-0.4, -0.2) is 50.2 Å². The number of ether oxygens (including phenoxy) is 2. The quantitative estimate of drug-likeness (QED) is 0.603. The lowest BCUT2D eigenvalue weighted by Gasteiger charge is -2.29. The minimum atomic E-state index is -0.410. The third-order valence-corrected chi connectivity index (χ3v) is 4.39. The van der Waals surface area contributed by atoms with Gasteiger partial charge >= 0.3 is 0 Å². The van der Waals surface area contributed by atoms with Gasteiger partial charge in [0.25, 0.3) is 0 Å². The van der Waals surface area contributed by atoms with Crippen molar-refractivity contribution in [2.24, 2.45) is 11.8 Å². The van der Waals surface area contributed by atoms with E-state index in [1.807, 2.05) is 0 Å². The molecule has 4 nitrogen and oxygen atoms in total. The topological polar surface area (TPSA) is 50.7 Å². The molecule has 3 atom stereocenters. The van der Waals surface area contributed by atoms with Gasteiger partial charge in [-0.3, -0.25) is 0 Å². The molecule has 20 heavy (non-hydrogen) atoms. The maximum Gasteiger partial charge on any atom is 0.0897 e. The molecule has 0 saturated heterocycles. The summed E-state index contributed by atoms with van der Waals surface area (Å²) in [5.41, 5.74) is 0. The minimum Gasteiger partial charge on any atom is -0.389 e. The van der Waals surface area contributed by atoms with Crippen molar-refractivity contribution in [1.82, 2.24) is 5.32 Å². The molecule has 0 heterocycles. The average molecular weight is 285 g/mol. The van der Waals surface area contributed by atoms with Gasteiger partial charge in [-0.15, -0.1) is 0 Å². The SMILES string of the molecule is CC1CCCCC1OCC(O)CNCCOCC1CC1. The van der Waals surface area contributed by atoms with Crippen LogP contribution in [0.25, 0.3) is 0 Å². The van der Waals surface area contributed by atoms with E-state index in [0.29, 0.717) is 25.2 Å². The van der Waals surface area contributed by atoms with Gasteiger partial charge in [-0.25, -0.2) is 0 Å². The molecule has 2 aliphatic rings. The van der Waals surface area contributed by atoms with Crippen molar-refractivity contribution < 1.29 is 14.6 Å². The normalized spacial score (nSPS) is 28.5. The zero-order valence-electron chi connectivity index (χ0n) is 12.9. The Balaban J connectivity index is 1.41. The molecule has 3 unspecified atom stereocenters. The van der Waals surface area contributed by atoms with Gasteiger partial charge in [0.1, 0.15) is 0 Å². The fourth-order valence-corrected chi connectivity index (χ4v) is 2.77. The number of aliphatic hydroxyl groups is 1. The van der Waals surface area contributed by atoms with Crippen LogP contribution < -0.4 is 5.32 Å². The summed E-state index contributed by atoms with van der Waals surface area (Å²) < 4.78 is 11.4. The molecule has 0 aliphatic heterocycles. The molecule has 0 bridgehead atoms. The Kier molecular flexibility index (Phi) is 7.28. The first-order valence-electron chi connectivity index (χ1n) is 8.34. The van der Waals surface area contributed by atoms with Crippen molar-refractivity contribution in [3.8, 4) is 0 Å². The van der Waals surface area contributed by atoms with Crippen LogP contribution in [0, 0.1) is 11.8 Å². The van der Waals surface area contributed by atoms with E-state index >= 15 is 0 Å². The molecule has 0 aromatic rings. The molecular weight excluding hydrogens is 254 g/mol. The summed E-state index contributed by atoms with van der Waals surface area (Å²) in [7, 11) is 0.